The number of carbonyl (C=O) groups is 3. The predicted molar refractivity (Wildman–Crippen MR) is 132 cm³/mol. The van der Waals surface area contributed by atoms with Gasteiger partial charge in [0, 0.05) is 24.4 Å². The molecule has 3 amide bonds. The monoisotopic (exact) mass is 477 g/mol. The van der Waals surface area contributed by atoms with Crippen molar-refractivity contribution >= 4 is 29.3 Å². The van der Waals surface area contributed by atoms with Crippen LogP contribution in [0.5, 0.6) is 5.75 Å². The highest BCUT2D eigenvalue weighted by molar-refractivity contribution is 6.04. The second-order valence-corrected chi connectivity index (χ2v) is 9.59. The highest BCUT2D eigenvalue weighted by Crippen LogP contribution is 2.52. The number of methoxy groups -OCH3 is 1. The molecule has 0 aromatic heterocycles. The molecule has 0 spiro atoms. The Labute approximate surface area is 204 Å². The normalized spacial score (nSPS) is 22.7. The molecule has 8 nitrogen and oxygen atoms in total. The van der Waals surface area contributed by atoms with Crippen LogP contribution >= 0.6 is 0 Å². The zero-order chi connectivity index (χ0) is 24.5. The number of nitrogens with zero attached hydrogens (tertiary/aromatic N) is 2. The first kappa shape index (κ1) is 23.2. The average Bonchev–Trinajstić information content (AvgIpc) is 3.58. The van der Waals surface area contributed by atoms with Crippen LogP contribution in [0.15, 0.2) is 48.5 Å². The lowest BCUT2D eigenvalue weighted by atomic mass is 9.81. The van der Waals surface area contributed by atoms with Crippen molar-refractivity contribution in [3.63, 3.8) is 0 Å². The van der Waals surface area contributed by atoms with Gasteiger partial charge in [-0.1, -0.05) is 36.8 Å². The smallest absolute Gasteiger partial charge is 0.326 e. The summed E-state index contributed by atoms with van der Waals surface area (Å²) < 4.78 is 5.42. The molecule has 0 radical (unpaired) electrons. The van der Waals surface area contributed by atoms with Gasteiger partial charge >= 0.3 is 12.0 Å². The van der Waals surface area contributed by atoms with Crippen molar-refractivity contribution in [1.82, 2.24) is 4.90 Å². The van der Waals surface area contributed by atoms with Gasteiger partial charge in [0.1, 0.15) is 5.75 Å². The summed E-state index contributed by atoms with van der Waals surface area (Å²) >= 11 is 0. The minimum absolute atomic E-state index is 0.000110. The van der Waals surface area contributed by atoms with E-state index in [4.69, 9.17) is 9.84 Å². The number of benzene rings is 2. The summed E-state index contributed by atoms with van der Waals surface area (Å²) in [4.78, 5) is 42.0. The highest BCUT2D eigenvalue weighted by atomic mass is 16.5. The van der Waals surface area contributed by atoms with Crippen molar-refractivity contribution in [2.24, 2.45) is 5.92 Å². The number of hydrogen-bond donors (Lipinski definition) is 2. The minimum Gasteiger partial charge on any atom is -0.495 e. The van der Waals surface area contributed by atoms with Gasteiger partial charge < -0.3 is 20.1 Å². The maximum absolute atomic E-state index is 13.7. The Hall–Kier alpha value is -3.55. The number of aliphatic carboxylic acids is 1. The van der Waals surface area contributed by atoms with E-state index < -0.39 is 5.97 Å². The fourth-order valence-corrected chi connectivity index (χ4v) is 5.85. The van der Waals surface area contributed by atoms with E-state index >= 15 is 0 Å². The van der Waals surface area contributed by atoms with E-state index in [1.54, 1.807) is 7.11 Å². The van der Waals surface area contributed by atoms with E-state index in [1.165, 1.54) is 0 Å². The first-order valence-electron chi connectivity index (χ1n) is 12.3. The van der Waals surface area contributed by atoms with Crippen LogP contribution in [0.1, 0.15) is 56.6 Å². The first-order valence-corrected chi connectivity index (χ1v) is 12.3. The Morgan fingerprint density at radius 3 is 2.51 bits per heavy atom. The standard InChI is InChI=1S/C27H31N3O5/c1-35-23-12-5-3-9-20(23)28-27(34)30-21-10-4-2-7-18(21)26(19-8-6-11-22(19)30)29(17-13-14-17)24(31)15-16-25(32)33/h2-5,7,9-10,12,17,19,22,26H,6,8,11,13-16H2,1H3,(H,28,34)(H,32,33)/t19-,22+,26-/m0/s1. The maximum Gasteiger partial charge on any atom is 0.326 e. The molecule has 0 saturated heterocycles. The van der Waals surface area contributed by atoms with Gasteiger partial charge in [-0.3, -0.25) is 14.5 Å². The predicted octanol–water partition coefficient (Wildman–Crippen LogP) is 4.81. The van der Waals surface area contributed by atoms with Crippen LogP contribution in [0.2, 0.25) is 0 Å². The number of carboxylic acids is 1. The number of nitrogens with one attached hydrogen (secondary N) is 1. The molecule has 3 atom stereocenters. The molecular weight excluding hydrogens is 446 g/mol. The molecule has 2 fully saturated rings. The molecule has 3 aliphatic rings. The molecule has 0 bridgehead atoms. The van der Waals surface area contributed by atoms with Gasteiger partial charge in [-0.25, -0.2) is 4.79 Å². The molecule has 8 heteroatoms. The number of carboxylic acid groups (broad SMARTS) is 1. The third kappa shape index (κ3) is 4.45. The number of para-hydroxylation sites is 3. The number of urea groups is 1. The van der Waals surface area contributed by atoms with Crippen molar-refractivity contribution in [2.45, 2.75) is 63.1 Å². The first-order chi connectivity index (χ1) is 17.0. The van der Waals surface area contributed by atoms with E-state index in [2.05, 4.69) is 5.32 Å². The Balaban J connectivity index is 1.51. The van der Waals surface area contributed by atoms with Gasteiger partial charge in [0.15, 0.2) is 0 Å². The molecule has 35 heavy (non-hydrogen) atoms. The van der Waals surface area contributed by atoms with E-state index in [9.17, 15) is 14.4 Å². The van der Waals surface area contributed by atoms with Crippen LogP contribution < -0.4 is 15.0 Å². The molecule has 1 aliphatic heterocycles. The molecule has 5 rings (SSSR count). The SMILES string of the molecule is COc1ccccc1NC(=O)N1c2ccccc2[C@H](N(C(=O)CCC(=O)O)C2CC2)[C@H]2CCC[C@H]21. The quantitative estimate of drug-likeness (QED) is 0.596. The lowest BCUT2D eigenvalue weighted by Gasteiger charge is -2.47. The molecular formula is C27H31N3O5. The van der Waals surface area contributed by atoms with E-state index in [0.29, 0.717) is 11.4 Å². The van der Waals surface area contributed by atoms with Gasteiger partial charge in [-0.2, -0.15) is 0 Å². The number of fused-ring (bicyclic) bond motifs is 2. The Morgan fingerprint density at radius 2 is 1.77 bits per heavy atom. The van der Waals surface area contributed by atoms with Gasteiger partial charge in [0.25, 0.3) is 0 Å². The van der Waals surface area contributed by atoms with Gasteiger partial charge in [0.2, 0.25) is 5.91 Å². The Morgan fingerprint density at radius 1 is 1.03 bits per heavy atom. The average molecular weight is 478 g/mol. The summed E-state index contributed by atoms with van der Waals surface area (Å²) in [6.07, 6.45) is 4.45. The molecule has 184 valence electrons. The summed E-state index contributed by atoms with van der Waals surface area (Å²) in [7, 11) is 1.58. The number of amides is 3. The number of anilines is 2. The molecule has 2 saturated carbocycles. The highest BCUT2D eigenvalue weighted by Gasteiger charge is 2.51. The number of rotatable bonds is 7. The van der Waals surface area contributed by atoms with Crippen LogP contribution in [0.4, 0.5) is 16.2 Å². The third-order valence-electron chi connectivity index (χ3n) is 7.43. The summed E-state index contributed by atoms with van der Waals surface area (Å²) in [5.74, 6) is -0.373. The van der Waals surface area contributed by atoms with Crippen LogP contribution in [-0.4, -0.2) is 47.1 Å². The Bertz CT molecular complexity index is 1130. The van der Waals surface area contributed by atoms with E-state index in [1.807, 2.05) is 58.3 Å². The van der Waals surface area contributed by atoms with Crippen molar-refractivity contribution in [3.05, 3.63) is 54.1 Å². The third-order valence-corrected chi connectivity index (χ3v) is 7.43. The van der Waals surface area contributed by atoms with Crippen molar-refractivity contribution < 1.29 is 24.2 Å². The molecule has 2 aliphatic carbocycles. The van der Waals surface area contributed by atoms with Crippen LogP contribution in [0.3, 0.4) is 0 Å². The Kier molecular flexibility index (Phi) is 6.36. The lowest BCUT2D eigenvalue weighted by Crippen LogP contribution is -2.54. The number of hydrogen-bond acceptors (Lipinski definition) is 4. The fourth-order valence-electron chi connectivity index (χ4n) is 5.85. The van der Waals surface area contributed by atoms with Gasteiger partial charge in [-0.05, 0) is 49.4 Å². The topological polar surface area (TPSA) is 99.2 Å². The van der Waals surface area contributed by atoms with E-state index in [-0.39, 0.29) is 48.8 Å². The second-order valence-electron chi connectivity index (χ2n) is 9.59. The fraction of sp³-hybridized carbons (Fsp3) is 0.444. The zero-order valence-electron chi connectivity index (χ0n) is 19.9. The molecule has 2 aromatic rings. The number of ether oxygens (including phenoxy) is 1. The molecule has 0 unspecified atom stereocenters. The largest absolute Gasteiger partial charge is 0.495 e. The summed E-state index contributed by atoms with van der Waals surface area (Å²) in [5.41, 5.74) is 2.38. The van der Waals surface area contributed by atoms with Crippen LogP contribution in [0.25, 0.3) is 0 Å². The van der Waals surface area contributed by atoms with Crippen LogP contribution in [-0.2, 0) is 9.59 Å². The summed E-state index contributed by atoms with van der Waals surface area (Å²) in [6, 6.07) is 14.9. The van der Waals surface area contributed by atoms with Crippen molar-refractivity contribution in [2.75, 3.05) is 17.3 Å². The lowest BCUT2D eigenvalue weighted by molar-refractivity contribution is -0.142. The summed E-state index contributed by atoms with van der Waals surface area (Å²) in [5, 5.41) is 12.2. The molecule has 1 heterocycles. The van der Waals surface area contributed by atoms with Gasteiger partial charge in [0.05, 0.1) is 30.9 Å². The molecule has 2 N–H and O–H groups in total. The van der Waals surface area contributed by atoms with Gasteiger partial charge in [-0.15, -0.1) is 0 Å². The van der Waals surface area contributed by atoms with Crippen molar-refractivity contribution in [1.29, 1.82) is 0 Å². The zero-order valence-corrected chi connectivity index (χ0v) is 19.9. The summed E-state index contributed by atoms with van der Waals surface area (Å²) in [6.45, 7) is 0. The maximum atomic E-state index is 13.7. The molecule has 2 aromatic carbocycles. The second kappa shape index (κ2) is 9.60. The number of carbonyl (C=O) groups excluding carboxylic acids is 2. The van der Waals surface area contributed by atoms with Crippen LogP contribution in [0, 0.1) is 5.92 Å². The van der Waals surface area contributed by atoms with Crippen molar-refractivity contribution in [3.8, 4) is 5.75 Å². The van der Waals surface area contributed by atoms with E-state index in [0.717, 1.165) is 43.4 Å². The minimum atomic E-state index is -0.962.